The van der Waals surface area contributed by atoms with Crippen molar-refractivity contribution in [2.75, 3.05) is 31.6 Å². The van der Waals surface area contributed by atoms with Crippen LogP contribution in [0.2, 0.25) is 0 Å². The van der Waals surface area contributed by atoms with Gasteiger partial charge in [-0.25, -0.2) is 8.42 Å². The summed E-state index contributed by atoms with van der Waals surface area (Å²) < 4.78 is 33.1. The molecule has 1 heterocycles. The van der Waals surface area contributed by atoms with Crippen LogP contribution in [0.3, 0.4) is 0 Å². The number of nitrogens with zero attached hydrogens (tertiary/aromatic N) is 1. The molecule has 4 rings (SSSR count). The molecular weight excluding hydrogens is 424 g/mol. The standard InChI is InChI=1S/C25H26N2O4S/c1-19-12-13-22(18-23(19)32(29,30)27-14-16-31-17-15-27)26-25(28)24(20-8-4-2-5-9-20)21-10-6-3-7-11-21/h2-13,18,24H,14-17H2,1H3,(H,26,28). The molecule has 0 spiro atoms. The highest BCUT2D eigenvalue weighted by Gasteiger charge is 2.29. The van der Waals surface area contributed by atoms with E-state index in [0.717, 1.165) is 11.1 Å². The Hall–Kier alpha value is -3.00. The van der Waals surface area contributed by atoms with Gasteiger partial charge in [-0.05, 0) is 35.7 Å². The van der Waals surface area contributed by atoms with Gasteiger partial charge >= 0.3 is 0 Å². The van der Waals surface area contributed by atoms with Gasteiger partial charge in [0.05, 0.1) is 24.0 Å². The van der Waals surface area contributed by atoms with Gasteiger partial charge in [0.25, 0.3) is 0 Å². The van der Waals surface area contributed by atoms with Gasteiger partial charge in [0.2, 0.25) is 15.9 Å². The number of anilines is 1. The maximum atomic E-state index is 13.4. The molecule has 1 N–H and O–H groups in total. The van der Waals surface area contributed by atoms with Crippen molar-refractivity contribution >= 4 is 21.6 Å². The van der Waals surface area contributed by atoms with Crippen LogP contribution in [0.15, 0.2) is 83.8 Å². The van der Waals surface area contributed by atoms with Crippen LogP contribution >= 0.6 is 0 Å². The summed E-state index contributed by atoms with van der Waals surface area (Å²) in [6.07, 6.45) is 0. The van der Waals surface area contributed by atoms with Crippen LogP contribution < -0.4 is 5.32 Å². The lowest BCUT2D eigenvalue weighted by molar-refractivity contribution is -0.116. The Balaban J connectivity index is 1.64. The summed E-state index contributed by atoms with van der Waals surface area (Å²) in [5.41, 5.74) is 2.82. The average molecular weight is 451 g/mol. The lowest BCUT2D eigenvalue weighted by atomic mass is 9.90. The van der Waals surface area contributed by atoms with E-state index in [1.54, 1.807) is 25.1 Å². The van der Waals surface area contributed by atoms with Crippen molar-refractivity contribution in [3.8, 4) is 0 Å². The molecule has 1 aliphatic heterocycles. The maximum Gasteiger partial charge on any atom is 0.243 e. The maximum absolute atomic E-state index is 13.4. The second-order valence-corrected chi connectivity index (χ2v) is 9.65. The van der Waals surface area contributed by atoms with Gasteiger partial charge < -0.3 is 10.1 Å². The Labute approximate surface area is 188 Å². The van der Waals surface area contributed by atoms with E-state index in [1.165, 1.54) is 4.31 Å². The van der Waals surface area contributed by atoms with E-state index in [2.05, 4.69) is 5.32 Å². The number of sulfonamides is 1. The number of rotatable bonds is 6. The fourth-order valence-electron chi connectivity index (χ4n) is 3.88. The summed E-state index contributed by atoms with van der Waals surface area (Å²) in [6.45, 7) is 3.16. The van der Waals surface area contributed by atoms with E-state index in [0.29, 0.717) is 37.6 Å². The second kappa shape index (κ2) is 9.65. The predicted molar refractivity (Wildman–Crippen MR) is 124 cm³/mol. The van der Waals surface area contributed by atoms with E-state index < -0.39 is 15.9 Å². The third-order valence-electron chi connectivity index (χ3n) is 5.57. The molecule has 32 heavy (non-hydrogen) atoms. The molecule has 0 atom stereocenters. The van der Waals surface area contributed by atoms with Gasteiger partial charge in [0, 0.05) is 18.8 Å². The number of benzene rings is 3. The minimum Gasteiger partial charge on any atom is -0.379 e. The molecule has 0 unspecified atom stereocenters. The van der Waals surface area contributed by atoms with Gasteiger partial charge in [-0.1, -0.05) is 66.7 Å². The topological polar surface area (TPSA) is 75.7 Å². The number of hydrogen-bond donors (Lipinski definition) is 1. The number of morpholine rings is 1. The van der Waals surface area contributed by atoms with Gasteiger partial charge in [0.15, 0.2) is 0 Å². The zero-order valence-electron chi connectivity index (χ0n) is 17.9. The molecule has 3 aromatic rings. The number of aryl methyl sites for hydroxylation is 1. The summed E-state index contributed by atoms with van der Waals surface area (Å²) >= 11 is 0. The summed E-state index contributed by atoms with van der Waals surface area (Å²) in [6, 6.07) is 24.1. The number of ether oxygens (including phenoxy) is 1. The van der Waals surface area contributed by atoms with Crippen molar-refractivity contribution in [1.82, 2.24) is 4.31 Å². The van der Waals surface area contributed by atoms with Crippen LogP contribution in [-0.4, -0.2) is 44.9 Å². The monoisotopic (exact) mass is 450 g/mol. The van der Waals surface area contributed by atoms with E-state index in [-0.39, 0.29) is 10.8 Å². The highest BCUT2D eigenvalue weighted by atomic mass is 32.2. The lowest BCUT2D eigenvalue weighted by Crippen LogP contribution is -2.40. The molecule has 0 saturated carbocycles. The van der Waals surface area contributed by atoms with Crippen LogP contribution in [0.4, 0.5) is 5.69 Å². The zero-order valence-corrected chi connectivity index (χ0v) is 18.7. The lowest BCUT2D eigenvalue weighted by Gasteiger charge is -2.27. The predicted octanol–water partition coefficient (Wildman–Crippen LogP) is 3.79. The molecule has 6 nitrogen and oxygen atoms in total. The largest absolute Gasteiger partial charge is 0.379 e. The highest BCUT2D eigenvalue weighted by Crippen LogP contribution is 2.28. The first-order valence-corrected chi connectivity index (χ1v) is 12.0. The molecule has 1 amide bonds. The molecule has 0 radical (unpaired) electrons. The van der Waals surface area contributed by atoms with Crippen LogP contribution in [0, 0.1) is 6.92 Å². The molecule has 166 valence electrons. The normalized spacial score (nSPS) is 14.9. The first-order chi connectivity index (χ1) is 15.5. The van der Waals surface area contributed by atoms with Crippen molar-refractivity contribution in [2.24, 2.45) is 0 Å². The second-order valence-electron chi connectivity index (χ2n) is 7.74. The molecule has 0 aliphatic carbocycles. The number of carbonyl (C=O) groups is 1. The van der Waals surface area contributed by atoms with E-state index in [1.807, 2.05) is 60.7 Å². The summed E-state index contributed by atoms with van der Waals surface area (Å²) in [5.74, 6) is -0.737. The first kappa shape index (κ1) is 22.2. The minimum atomic E-state index is -3.67. The van der Waals surface area contributed by atoms with Gasteiger partial charge in [-0.2, -0.15) is 4.31 Å². The molecular formula is C25H26N2O4S. The van der Waals surface area contributed by atoms with Crippen molar-refractivity contribution < 1.29 is 17.9 Å². The summed E-state index contributed by atoms with van der Waals surface area (Å²) in [5, 5.41) is 2.94. The fourth-order valence-corrected chi connectivity index (χ4v) is 5.54. The fraction of sp³-hybridized carbons (Fsp3) is 0.240. The first-order valence-electron chi connectivity index (χ1n) is 10.6. The molecule has 1 aliphatic rings. The SMILES string of the molecule is Cc1ccc(NC(=O)C(c2ccccc2)c2ccccc2)cc1S(=O)(=O)N1CCOCC1. The van der Waals surface area contributed by atoms with Crippen molar-refractivity contribution in [3.05, 3.63) is 95.6 Å². The zero-order chi connectivity index (χ0) is 22.6. The van der Waals surface area contributed by atoms with Gasteiger partial charge in [-0.3, -0.25) is 4.79 Å². The van der Waals surface area contributed by atoms with Crippen molar-refractivity contribution in [3.63, 3.8) is 0 Å². The van der Waals surface area contributed by atoms with Gasteiger partial charge in [-0.15, -0.1) is 0 Å². The molecule has 0 bridgehead atoms. The third kappa shape index (κ3) is 4.75. The molecule has 0 aromatic heterocycles. The van der Waals surface area contributed by atoms with Crippen LogP contribution in [0.25, 0.3) is 0 Å². The molecule has 3 aromatic carbocycles. The van der Waals surface area contributed by atoms with Crippen molar-refractivity contribution in [1.29, 1.82) is 0 Å². The quantitative estimate of drug-likeness (QED) is 0.620. The Morgan fingerprint density at radius 3 is 2.03 bits per heavy atom. The smallest absolute Gasteiger partial charge is 0.243 e. The Morgan fingerprint density at radius 1 is 0.906 bits per heavy atom. The van der Waals surface area contributed by atoms with Crippen molar-refractivity contribution in [2.45, 2.75) is 17.7 Å². The molecule has 1 fully saturated rings. The van der Waals surface area contributed by atoms with Gasteiger partial charge in [0.1, 0.15) is 0 Å². The van der Waals surface area contributed by atoms with E-state index in [4.69, 9.17) is 4.74 Å². The number of nitrogens with one attached hydrogen (secondary N) is 1. The summed E-state index contributed by atoms with van der Waals surface area (Å²) in [7, 11) is -3.67. The Kier molecular flexibility index (Phi) is 6.69. The van der Waals surface area contributed by atoms with Crippen LogP contribution in [0.5, 0.6) is 0 Å². The number of carbonyl (C=O) groups excluding carboxylic acids is 1. The highest BCUT2D eigenvalue weighted by molar-refractivity contribution is 7.89. The third-order valence-corrected chi connectivity index (χ3v) is 7.61. The number of amides is 1. The van der Waals surface area contributed by atoms with E-state index in [9.17, 15) is 13.2 Å². The van der Waals surface area contributed by atoms with Crippen LogP contribution in [0.1, 0.15) is 22.6 Å². The number of hydrogen-bond acceptors (Lipinski definition) is 4. The summed E-state index contributed by atoms with van der Waals surface area (Å²) in [4.78, 5) is 13.6. The minimum absolute atomic E-state index is 0.202. The Morgan fingerprint density at radius 2 is 1.47 bits per heavy atom. The molecule has 1 saturated heterocycles. The van der Waals surface area contributed by atoms with E-state index >= 15 is 0 Å². The average Bonchev–Trinajstić information content (AvgIpc) is 2.82. The molecule has 7 heteroatoms. The van der Waals surface area contributed by atoms with Crippen LogP contribution in [-0.2, 0) is 19.6 Å². The Bertz CT molecular complexity index is 1140.